The maximum atomic E-state index is 17.4. The van der Waals surface area contributed by atoms with Crippen LogP contribution >= 0.6 is 11.3 Å². The molecule has 0 radical (unpaired) electrons. The highest BCUT2D eigenvalue weighted by Crippen LogP contribution is 2.54. The van der Waals surface area contributed by atoms with E-state index in [1.165, 1.54) is 43.2 Å². The second-order valence-electron chi connectivity index (χ2n) is 14.8. The number of likely N-dealkylation sites (N-methyl/N-ethyl adjacent to an activating group) is 1. The van der Waals surface area contributed by atoms with E-state index in [9.17, 15) is 10.1 Å². The molecule has 1 spiro atoms. The first-order valence-electron chi connectivity index (χ1n) is 18.6. The Labute approximate surface area is 313 Å². The fourth-order valence-electron chi connectivity index (χ4n) is 7.75. The lowest BCUT2D eigenvalue weighted by Gasteiger charge is -2.38. The number of halogens is 2. The Kier molecular flexibility index (Phi) is 13.6. The van der Waals surface area contributed by atoms with Gasteiger partial charge in [0.1, 0.15) is 24.2 Å². The molecule has 2 fully saturated rings. The Balaban J connectivity index is 0.00000113. The van der Waals surface area contributed by atoms with Gasteiger partial charge in [-0.05, 0) is 114 Å². The molecule has 2 heterocycles. The molecule has 1 aromatic carbocycles. The lowest BCUT2D eigenvalue weighted by atomic mass is 9.83. The smallest absolute Gasteiger partial charge is 0.206 e. The van der Waals surface area contributed by atoms with Crippen molar-refractivity contribution in [2.24, 2.45) is 16.3 Å². The van der Waals surface area contributed by atoms with Gasteiger partial charge in [-0.15, -0.1) is 11.3 Å². The molecular formula is C43H56F2N4O2S. The molecule has 0 bridgehead atoms. The lowest BCUT2D eigenvalue weighted by molar-refractivity contribution is -0.112. The van der Waals surface area contributed by atoms with E-state index in [-0.39, 0.29) is 29.5 Å². The fourth-order valence-corrected chi connectivity index (χ4v) is 8.78. The van der Waals surface area contributed by atoms with Gasteiger partial charge >= 0.3 is 0 Å². The molecule has 3 aliphatic rings. The van der Waals surface area contributed by atoms with E-state index in [4.69, 9.17) is 9.73 Å². The lowest BCUT2D eigenvalue weighted by Crippen LogP contribution is -2.38. The number of ketones is 1. The number of aryl methyl sites for hydroxylation is 1. The maximum Gasteiger partial charge on any atom is 0.206 e. The van der Waals surface area contributed by atoms with Crippen LogP contribution in [0.25, 0.3) is 15.7 Å². The molecule has 52 heavy (non-hydrogen) atoms. The monoisotopic (exact) mass is 730 g/mol. The summed E-state index contributed by atoms with van der Waals surface area (Å²) in [5, 5.41) is 10.5. The zero-order valence-corrected chi connectivity index (χ0v) is 33.4. The summed E-state index contributed by atoms with van der Waals surface area (Å²) in [6.45, 7) is 25.8. The Morgan fingerprint density at radius 2 is 1.92 bits per heavy atom. The third-order valence-electron chi connectivity index (χ3n) is 10.8. The molecule has 1 saturated heterocycles. The summed E-state index contributed by atoms with van der Waals surface area (Å²) in [5.74, 6) is -0.334. The average molecular weight is 731 g/mol. The number of benzene rings is 1. The Bertz CT molecular complexity index is 1870. The fraction of sp³-hybridized carbons (Fsp3) is 0.512. The summed E-state index contributed by atoms with van der Waals surface area (Å²) in [6.07, 6.45) is 9.55. The van der Waals surface area contributed by atoms with Crippen molar-refractivity contribution in [2.75, 3.05) is 26.7 Å². The van der Waals surface area contributed by atoms with Crippen LogP contribution < -0.4 is 0 Å². The van der Waals surface area contributed by atoms with Crippen molar-refractivity contribution in [3.8, 4) is 6.07 Å². The number of carbonyl (C=O) groups is 1. The highest BCUT2D eigenvalue weighted by atomic mass is 32.1. The van der Waals surface area contributed by atoms with Crippen molar-refractivity contribution in [1.29, 1.82) is 5.26 Å². The first-order valence-corrected chi connectivity index (χ1v) is 19.4. The van der Waals surface area contributed by atoms with Crippen molar-refractivity contribution in [3.05, 3.63) is 87.8 Å². The Morgan fingerprint density at radius 3 is 2.44 bits per heavy atom. The quantitative estimate of drug-likeness (QED) is 0.152. The van der Waals surface area contributed by atoms with E-state index in [2.05, 4.69) is 70.7 Å². The second-order valence-corrected chi connectivity index (χ2v) is 16.0. The van der Waals surface area contributed by atoms with Gasteiger partial charge in [-0.1, -0.05) is 46.8 Å². The van der Waals surface area contributed by atoms with Crippen LogP contribution in [0.2, 0.25) is 0 Å². The molecule has 5 rings (SSSR count). The number of ether oxygens (including phenoxy) is 1. The Morgan fingerprint density at radius 1 is 1.25 bits per heavy atom. The minimum atomic E-state index is -0.508. The zero-order valence-electron chi connectivity index (χ0n) is 32.6. The molecule has 2 atom stereocenters. The summed E-state index contributed by atoms with van der Waals surface area (Å²) >= 11 is 1.23. The number of carbonyl (C=O) groups excluding carboxylic acids is 1. The van der Waals surface area contributed by atoms with E-state index in [1.807, 2.05) is 13.0 Å². The number of fused-ring (bicyclic) bond motifs is 1. The summed E-state index contributed by atoms with van der Waals surface area (Å²) in [4.78, 5) is 19.9. The maximum absolute atomic E-state index is 17.4. The summed E-state index contributed by atoms with van der Waals surface area (Å²) in [7, 11) is 2.14. The minimum absolute atomic E-state index is 0.0185. The van der Waals surface area contributed by atoms with Gasteiger partial charge in [0.2, 0.25) is 5.88 Å². The normalized spacial score (nSPS) is 20.4. The van der Waals surface area contributed by atoms with Crippen molar-refractivity contribution in [1.82, 2.24) is 9.80 Å². The van der Waals surface area contributed by atoms with Crippen molar-refractivity contribution >= 4 is 38.5 Å². The number of hydrogen-bond acceptors (Lipinski definition) is 7. The van der Waals surface area contributed by atoms with E-state index < -0.39 is 11.6 Å². The van der Waals surface area contributed by atoms with E-state index in [0.29, 0.717) is 61.6 Å². The standard InChI is InChI=1S/C39H50F2N4OS.C4H6O/c1-10-13-33(23(4)5)45(12-3)24(6)30-18-27(11-2)34(29-14-15-32(40)38-35(29)31(20-42)25(7)47-38)36(41)37(30)43-26(8)46-21-28-19-39(16-17-39)22-44(28)9;1-3-4(2)5/h14-15,18,23,28,33H,8,10-13,16-17,19,21-22H2,1-7,9H3;3H,1H2,2H3/b30-24+,43-37+;. The molecule has 1 aromatic heterocycles. The molecule has 2 unspecified atom stereocenters. The van der Waals surface area contributed by atoms with Gasteiger partial charge in [-0.25, -0.2) is 13.8 Å². The van der Waals surface area contributed by atoms with Gasteiger partial charge in [0.25, 0.3) is 0 Å². The number of nitrogens with zero attached hydrogens (tertiary/aromatic N) is 4. The molecule has 1 aliphatic heterocycles. The molecule has 9 heteroatoms. The molecule has 2 aliphatic carbocycles. The van der Waals surface area contributed by atoms with Gasteiger partial charge < -0.3 is 9.64 Å². The molecule has 0 N–H and O–H groups in total. The number of rotatable bonds is 13. The zero-order chi connectivity index (χ0) is 38.5. The number of nitriles is 1. The van der Waals surface area contributed by atoms with Crippen LogP contribution in [0.1, 0.15) is 103 Å². The van der Waals surface area contributed by atoms with Gasteiger partial charge in [0.05, 0.1) is 10.3 Å². The number of thiophene rings is 1. The van der Waals surface area contributed by atoms with Crippen LogP contribution in [0.15, 0.2) is 71.0 Å². The molecular weight excluding hydrogens is 675 g/mol. The van der Waals surface area contributed by atoms with Crippen LogP contribution in [0.4, 0.5) is 8.78 Å². The molecule has 280 valence electrons. The van der Waals surface area contributed by atoms with Crippen LogP contribution in [0.3, 0.4) is 0 Å². The third-order valence-corrected chi connectivity index (χ3v) is 11.9. The van der Waals surface area contributed by atoms with Gasteiger partial charge in [0, 0.05) is 52.3 Å². The average Bonchev–Trinajstić information content (AvgIpc) is 3.66. The number of likely N-dealkylation sites (tertiary alicyclic amines) is 1. The molecule has 2 aromatic rings. The van der Waals surface area contributed by atoms with Gasteiger partial charge in [0.15, 0.2) is 11.6 Å². The number of aliphatic imine (C=N–C) groups is 1. The number of hydrogen-bond donors (Lipinski definition) is 0. The summed E-state index contributed by atoms with van der Waals surface area (Å²) < 4.78 is 39.1. The van der Waals surface area contributed by atoms with Crippen LogP contribution in [0, 0.1) is 35.4 Å². The van der Waals surface area contributed by atoms with E-state index in [1.54, 1.807) is 13.0 Å². The van der Waals surface area contributed by atoms with Crippen LogP contribution in [-0.2, 0) is 9.53 Å². The predicted octanol–water partition coefficient (Wildman–Crippen LogP) is 10.8. The van der Waals surface area contributed by atoms with Crippen molar-refractivity contribution in [3.63, 3.8) is 0 Å². The summed E-state index contributed by atoms with van der Waals surface area (Å²) in [6, 6.07) is 5.78. The van der Waals surface area contributed by atoms with Gasteiger partial charge in [-0.3, -0.25) is 9.69 Å². The summed E-state index contributed by atoms with van der Waals surface area (Å²) in [5.41, 5.74) is 4.26. The largest absolute Gasteiger partial charge is 0.476 e. The van der Waals surface area contributed by atoms with Crippen molar-refractivity contribution in [2.45, 2.75) is 106 Å². The van der Waals surface area contributed by atoms with E-state index >= 15 is 8.78 Å². The topological polar surface area (TPSA) is 68.9 Å². The van der Waals surface area contributed by atoms with Gasteiger partial charge in [-0.2, -0.15) is 5.26 Å². The highest BCUT2D eigenvalue weighted by Gasteiger charge is 2.50. The van der Waals surface area contributed by atoms with Crippen molar-refractivity contribution < 1.29 is 18.3 Å². The molecule has 6 nitrogen and oxygen atoms in total. The highest BCUT2D eigenvalue weighted by molar-refractivity contribution is 7.19. The third kappa shape index (κ3) is 8.66. The minimum Gasteiger partial charge on any atom is -0.476 e. The molecule has 1 saturated carbocycles. The van der Waals surface area contributed by atoms with E-state index in [0.717, 1.165) is 43.6 Å². The first kappa shape index (κ1) is 40.9. The van der Waals surface area contributed by atoms with Crippen LogP contribution in [0.5, 0.6) is 0 Å². The SMILES string of the molecule is C=C(/N=C1/C(F)=C(c2ccc(F)c3sc(C)c(C#N)c23)C(CC)=C/C1=C(/C)N(CC)C(CCC)C(C)C)OCC1CC2(CC2)CN1C.C=CC(C)=O. The Hall–Kier alpha value is -3.87. The second kappa shape index (κ2) is 17.3. The predicted molar refractivity (Wildman–Crippen MR) is 212 cm³/mol. The molecule has 0 amide bonds. The first-order chi connectivity index (χ1) is 24.7. The number of allylic oxidation sites excluding steroid dienone is 7. The van der Waals surface area contributed by atoms with Crippen LogP contribution in [-0.4, -0.2) is 60.1 Å².